The summed E-state index contributed by atoms with van der Waals surface area (Å²) in [5, 5.41) is 3.65. The molecule has 4 aromatic heterocycles. The zero-order chi connectivity index (χ0) is 40.4. The Morgan fingerprint density at radius 1 is 0.471 bits per heavy atom. The van der Waals surface area contributed by atoms with Gasteiger partial charge < -0.3 is 8.83 Å². The van der Waals surface area contributed by atoms with Gasteiger partial charge in [-0.1, -0.05) is 121 Å². The van der Waals surface area contributed by atoms with Gasteiger partial charge in [0.2, 0.25) is 5.95 Å². The average molecular weight is 663 g/mol. The molecule has 0 saturated carbocycles. The number of hydrogen-bond acceptors (Lipinski definition) is 5. The third kappa shape index (κ3) is 4.20. The molecule has 0 radical (unpaired) electrons. The Kier molecular flexibility index (Phi) is 4.44. The summed E-state index contributed by atoms with van der Waals surface area (Å²) in [7, 11) is 0. The maximum atomic E-state index is 9.01. The molecule has 238 valence electrons. The topological polar surface area (TPSA) is 69.9 Å². The molecule has 0 aliphatic carbocycles. The summed E-state index contributed by atoms with van der Waals surface area (Å²) < 4.78 is 84.0. The Labute approximate surface area is 302 Å². The molecule has 0 fully saturated rings. The number of rotatable bonds is 4. The average Bonchev–Trinajstić information content (AvgIpc) is 3.96. The molecule has 6 heteroatoms. The van der Waals surface area contributed by atoms with Gasteiger partial charge in [-0.2, -0.15) is 9.97 Å². The molecule has 0 spiro atoms. The van der Waals surface area contributed by atoms with Gasteiger partial charge in [0, 0.05) is 49.0 Å². The summed E-state index contributed by atoms with van der Waals surface area (Å²) in [4.78, 5) is 14.6. The van der Waals surface area contributed by atoms with Crippen LogP contribution in [0.2, 0.25) is 0 Å². The van der Waals surface area contributed by atoms with Crippen LogP contribution >= 0.6 is 0 Å². The lowest BCUT2D eigenvalue weighted by Crippen LogP contribution is -2.06. The van der Waals surface area contributed by atoms with Crippen LogP contribution in [0.25, 0.3) is 106 Å². The lowest BCUT2D eigenvalue weighted by atomic mass is 9.97. The molecule has 11 rings (SSSR count). The molecule has 0 N–H and O–H groups in total. The van der Waals surface area contributed by atoms with E-state index in [2.05, 4.69) is 6.07 Å². The van der Waals surface area contributed by atoms with E-state index in [-0.39, 0.29) is 39.4 Å². The molecule has 11 aromatic rings. The smallest absolute Gasteiger partial charge is 0.238 e. The van der Waals surface area contributed by atoms with E-state index >= 15 is 0 Å². The van der Waals surface area contributed by atoms with Crippen molar-refractivity contribution in [2.45, 2.75) is 0 Å². The van der Waals surface area contributed by atoms with Crippen LogP contribution < -0.4 is 0 Å². The summed E-state index contributed by atoms with van der Waals surface area (Å²) in [6, 6.07) is 30.8. The molecule has 6 nitrogen and oxygen atoms in total. The Hall–Kier alpha value is -7.05. The van der Waals surface area contributed by atoms with Crippen molar-refractivity contribution < 1.29 is 19.8 Å². The standard InChI is InChI=1S/C45H26N4O2/c1-2-12-27(13-3-1)43-46-44(48-45(47-43)49-36-20-7-4-14-29(36)30-15-5-8-21-37(30)49)28-24-25-35-40(26-28)50-39-23-11-17-32(41(35)39)34-19-10-18-33-31-16-6-9-22-38(31)51-42(33)34/h1-26H/i4D,5D,7D,8D,14D,15D,20D,21D. The molecular formula is C45H26N4O2. The molecule has 51 heavy (non-hydrogen) atoms. The predicted molar refractivity (Wildman–Crippen MR) is 205 cm³/mol. The van der Waals surface area contributed by atoms with E-state index in [9.17, 15) is 0 Å². The van der Waals surface area contributed by atoms with Crippen LogP contribution in [0.15, 0.2) is 166 Å². The first-order chi connectivity index (χ1) is 28.6. The Bertz CT molecular complexity index is 3540. The van der Waals surface area contributed by atoms with Gasteiger partial charge in [-0.05, 0) is 41.9 Å². The van der Waals surface area contributed by atoms with Crippen molar-refractivity contribution in [1.29, 1.82) is 0 Å². The van der Waals surface area contributed by atoms with Crippen molar-refractivity contribution in [3.8, 4) is 39.9 Å². The SMILES string of the molecule is [2H]c1c([2H])c([2H])c2c(c1[2H])c1c([2H])c([2H])c([2H])c([2H])c1n2-c1nc(-c2ccccc2)nc(-c2ccc3c(c2)oc2cccc(-c4cccc5c4oc4ccccc45)c23)n1. The van der Waals surface area contributed by atoms with Crippen molar-refractivity contribution >= 4 is 65.7 Å². The van der Waals surface area contributed by atoms with Gasteiger partial charge in [-0.15, -0.1) is 0 Å². The molecule has 0 aliphatic rings. The summed E-state index contributed by atoms with van der Waals surface area (Å²) >= 11 is 0. The highest BCUT2D eigenvalue weighted by atomic mass is 16.3. The molecular weight excluding hydrogens is 629 g/mol. The van der Waals surface area contributed by atoms with Gasteiger partial charge in [0.15, 0.2) is 11.6 Å². The normalized spacial score (nSPS) is 14.1. The monoisotopic (exact) mass is 662 g/mol. The molecule has 0 bridgehead atoms. The van der Waals surface area contributed by atoms with Crippen LogP contribution in [-0.4, -0.2) is 19.5 Å². The summed E-state index contributed by atoms with van der Waals surface area (Å²) in [6.45, 7) is 0. The molecule has 0 atom stereocenters. The fourth-order valence-electron chi connectivity index (χ4n) is 7.08. The highest BCUT2D eigenvalue weighted by Gasteiger charge is 2.20. The van der Waals surface area contributed by atoms with Crippen LogP contribution in [0.1, 0.15) is 11.0 Å². The lowest BCUT2D eigenvalue weighted by molar-refractivity contribution is 0.669. The van der Waals surface area contributed by atoms with Gasteiger partial charge in [0.05, 0.1) is 22.0 Å². The highest BCUT2D eigenvalue weighted by Crippen LogP contribution is 2.42. The summed E-state index contributed by atoms with van der Waals surface area (Å²) in [6.07, 6.45) is 0. The van der Waals surface area contributed by atoms with Crippen molar-refractivity contribution in [3.05, 3.63) is 158 Å². The van der Waals surface area contributed by atoms with Gasteiger partial charge in [-0.25, -0.2) is 4.98 Å². The van der Waals surface area contributed by atoms with Crippen molar-refractivity contribution in [1.82, 2.24) is 19.5 Å². The number of furan rings is 2. The maximum absolute atomic E-state index is 9.01. The summed E-state index contributed by atoms with van der Waals surface area (Å²) in [5.74, 6) is 0.322. The minimum Gasteiger partial charge on any atom is -0.456 e. The number of benzene rings is 7. The quantitative estimate of drug-likeness (QED) is 0.188. The third-order valence-corrected chi connectivity index (χ3v) is 9.34. The number of hydrogen-bond donors (Lipinski definition) is 0. The minimum absolute atomic E-state index is 0.0703. The largest absolute Gasteiger partial charge is 0.456 e. The molecule has 0 aliphatic heterocycles. The highest BCUT2D eigenvalue weighted by molar-refractivity contribution is 6.17. The van der Waals surface area contributed by atoms with Crippen LogP contribution in [0, 0.1) is 0 Å². The number of aromatic nitrogens is 4. The summed E-state index contributed by atoms with van der Waals surface area (Å²) in [5.41, 5.74) is 5.65. The van der Waals surface area contributed by atoms with E-state index in [1.807, 2.05) is 103 Å². The first-order valence-electron chi connectivity index (χ1n) is 20.3. The molecule has 7 aromatic carbocycles. The second-order valence-corrected chi connectivity index (χ2v) is 12.2. The molecule has 4 heterocycles. The zero-order valence-corrected chi connectivity index (χ0v) is 26.5. The van der Waals surface area contributed by atoms with Crippen LogP contribution in [0.3, 0.4) is 0 Å². The maximum Gasteiger partial charge on any atom is 0.238 e. The number of para-hydroxylation sites is 4. The fourth-order valence-corrected chi connectivity index (χ4v) is 7.08. The second-order valence-electron chi connectivity index (χ2n) is 12.2. The van der Waals surface area contributed by atoms with Gasteiger partial charge in [0.1, 0.15) is 22.3 Å². The van der Waals surface area contributed by atoms with Crippen LogP contribution in [0.5, 0.6) is 0 Å². The predicted octanol–water partition coefficient (Wildman–Crippen LogP) is 11.8. The number of fused-ring (bicyclic) bond motifs is 9. The van der Waals surface area contributed by atoms with E-state index in [4.69, 9.17) is 34.8 Å². The fraction of sp³-hybridized carbons (Fsp3) is 0. The number of nitrogens with zero attached hydrogens (tertiary/aromatic N) is 4. The zero-order valence-electron chi connectivity index (χ0n) is 34.5. The van der Waals surface area contributed by atoms with Gasteiger partial charge in [0.25, 0.3) is 0 Å². The van der Waals surface area contributed by atoms with E-state index in [0.717, 1.165) is 43.8 Å². The van der Waals surface area contributed by atoms with E-state index < -0.39 is 48.3 Å². The van der Waals surface area contributed by atoms with Crippen LogP contribution in [-0.2, 0) is 0 Å². The third-order valence-electron chi connectivity index (χ3n) is 9.34. The first-order valence-corrected chi connectivity index (χ1v) is 16.3. The first kappa shape index (κ1) is 21.1. The molecule has 0 unspecified atom stereocenters. The van der Waals surface area contributed by atoms with E-state index in [1.165, 1.54) is 4.57 Å². The van der Waals surface area contributed by atoms with Gasteiger partial charge in [-0.3, -0.25) is 4.57 Å². The Morgan fingerprint density at radius 2 is 1.14 bits per heavy atom. The Balaban J connectivity index is 1.17. The molecule has 0 amide bonds. The Morgan fingerprint density at radius 3 is 1.96 bits per heavy atom. The van der Waals surface area contributed by atoms with Crippen molar-refractivity contribution in [3.63, 3.8) is 0 Å². The second kappa shape index (κ2) is 10.7. The van der Waals surface area contributed by atoms with E-state index in [0.29, 0.717) is 22.3 Å². The lowest BCUT2D eigenvalue weighted by Gasteiger charge is -2.11. The van der Waals surface area contributed by atoms with Crippen LogP contribution in [0.4, 0.5) is 0 Å². The van der Waals surface area contributed by atoms with Crippen molar-refractivity contribution in [2.75, 3.05) is 0 Å². The van der Waals surface area contributed by atoms with E-state index in [1.54, 1.807) is 0 Å². The van der Waals surface area contributed by atoms with Gasteiger partial charge >= 0.3 is 0 Å². The molecule has 0 saturated heterocycles. The minimum atomic E-state index is -0.536. The van der Waals surface area contributed by atoms with Crippen molar-refractivity contribution in [2.24, 2.45) is 0 Å².